The molecular weight excluding hydrogens is 553 g/mol. The van der Waals surface area contributed by atoms with Crippen LogP contribution in [0.4, 0.5) is 11.5 Å². The second-order valence-corrected chi connectivity index (χ2v) is 11.0. The van der Waals surface area contributed by atoms with Crippen LogP contribution in [0.15, 0.2) is 78.9 Å². The molecule has 1 N–H and O–H groups in total. The molecule has 206 valence electrons. The van der Waals surface area contributed by atoms with E-state index in [0.717, 1.165) is 11.3 Å². The van der Waals surface area contributed by atoms with Gasteiger partial charge in [-0.15, -0.1) is 0 Å². The summed E-state index contributed by atoms with van der Waals surface area (Å²) in [5.74, 6) is -0.495. The Morgan fingerprint density at radius 1 is 0.975 bits per heavy atom. The van der Waals surface area contributed by atoms with Crippen LogP contribution < -0.4 is 5.32 Å². The summed E-state index contributed by atoms with van der Waals surface area (Å²) in [5, 5.41) is 19.3. The number of nitrogens with one attached hydrogen (secondary N) is 1. The maximum atomic E-state index is 13.4. The van der Waals surface area contributed by atoms with Crippen molar-refractivity contribution in [1.29, 1.82) is 0 Å². The molecule has 40 heavy (non-hydrogen) atoms. The zero-order chi connectivity index (χ0) is 29.0. The first-order valence-corrected chi connectivity index (χ1v) is 13.1. The van der Waals surface area contributed by atoms with Gasteiger partial charge in [0.1, 0.15) is 12.4 Å². The minimum atomic E-state index is -0.535. The van der Waals surface area contributed by atoms with Gasteiger partial charge in [0.15, 0.2) is 0 Å². The Kier molecular flexibility index (Phi) is 8.56. The third-order valence-corrected chi connectivity index (χ3v) is 6.80. The number of aromatic nitrogens is 2. The van der Waals surface area contributed by atoms with Crippen LogP contribution >= 0.6 is 23.2 Å². The Bertz CT molecular complexity index is 1550. The molecule has 1 heterocycles. The first-order chi connectivity index (χ1) is 18.9. The largest absolute Gasteiger partial charge is 0.325 e. The summed E-state index contributed by atoms with van der Waals surface area (Å²) < 4.78 is 1.57. The van der Waals surface area contributed by atoms with Gasteiger partial charge in [-0.05, 0) is 35.9 Å². The van der Waals surface area contributed by atoms with Crippen LogP contribution in [-0.4, -0.2) is 38.0 Å². The molecule has 0 radical (unpaired) electrons. The van der Waals surface area contributed by atoms with Crippen LogP contribution in [0.5, 0.6) is 0 Å². The molecule has 4 aromatic rings. The van der Waals surface area contributed by atoms with E-state index in [9.17, 15) is 19.7 Å². The summed E-state index contributed by atoms with van der Waals surface area (Å²) in [6.45, 7) is 5.89. The molecule has 11 heteroatoms. The van der Waals surface area contributed by atoms with Crippen molar-refractivity contribution in [2.24, 2.45) is 0 Å². The van der Waals surface area contributed by atoms with Crippen molar-refractivity contribution in [3.8, 4) is 5.69 Å². The molecule has 9 nitrogen and oxygen atoms in total. The summed E-state index contributed by atoms with van der Waals surface area (Å²) in [6, 6.07) is 21.3. The van der Waals surface area contributed by atoms with Gasteiger partial charge in [-0.1, -0.05) is 74.3 Å². The van der Waals surface area contributed by atoms with Crippen LogP contribution in [0.3, 0.4) is 0 Å². The lowest BCUT2D eigenvalue weighted by molar-refractivity contribution is -0.384. The maximum absolute atomic E-state index is 13.4. The number of hydrogen-bond donors (Lipinski definition) is 1. The first-order valence-electron chi connectivity index (χ1n) is 12.4. The standard InChI is InChI=1S/C29H27Cl2N5O4/c1-29(2,3)25-16-26(35(33-25)22-13-14-23(30)24(31)15-22)32-27(37)18-34(17-19-7-5-4-6-8-19)28(38)20-9-11-21(12-10-20)36(39)40/h4-16H,17-18H2,1-3H3,(H,32,37). The van der Waals surface area contributed by atoms with E-state index in [1.807, 2.05) is 51.1 Å². The van der Waals surface area contributed by atoms with Crippen LogP contribution in [0.25, 0.3) is 5.69 Å². The summed E-state index contributed by atoms with van der Waals surface area (Å²) in [7, 11) is 0. The lowest BCUT2D eigenvalue weighted by Crippen LogP contribution is -2.37. The van der Waals surface area contributed by atoms with Crippen molar-refractivity contribution in [3.05, 3.63) is 116 Å². The van der Waals surface area contributed by atoms with Gasteiger partial charge in [0.25, 0.3) is 11.6 Å². The molecule has 0 spiro atoms. The fourth-order valence-electron chi connectivity index (χ4n) is 3.92. The second kappa shape index (κ2) is 11.9. The van der Waals surface area contributed by atoms with Gasteiger partial charge in [0.2, 0.25) is 5.91 Å². The van der Waals surface area contributed by atoms with Crippen molar-refractivity contribution < 1.29 is 14.5 Å². The highest BCUT2D eigenvalue weighted by Crippen LogP contribution is 2.29. The topological polar surface area (TPSA) is 110 Å². The lowest BCUT2D eigenvalue weighted by atomic mass is 9.92. The van der Waals surface area contributed by atoms with Crippen molar-refractivity contribution in [2.45, 2.75) is 32.7 Å². The highest BCUT2D eigenvalue weighted by molar-refractivity contribution is 6.42. The smallest absolute Gasteiger partial charge is 0.269 e. The highest BCUT2D eigenvalue weighted by Gasteiger charge is 2.24. The number of rotatable bonds is 8. The number of nitrogens with zero attached hydrogens (tertiary/aromatic N) is 4. The molecular formula is C29H27Cl2N5O4. The third kappa shape index (κ3) is 6.86. The van der Waals surface area contributed by atoms with E-state index in [1.165, 1.54) is 29.2 Å². The zero-order valence-corrected chi connectivity index (χ0v) is 23.6. The Morgan fingerprint density at radius 3 is 2.25 bits per heavy atom. The average molecular weight is 580 g/mol. The van der Waals surface area contributed by atoms with Gasteiger partial charge in [-0.2, -0.15) is 5.10 Å². The van der Waals surface area contributed by atoms with Crippen LogP contribution in [0.2, 0.25) is 10.0 Å². The Morgan fingerprint density at radius 2 is 1.65 bits per heavy atom. The Balaban J connectivity index is 1.63. The quantitative estimate of drug-likeness (QED) is 0.185. The second-order valence-electron chi connectivity index (χ2n) is 10.2. The van der Waals surface area contributed by atoms with Crippen LogP contribution in [0, 0.1) is 10.1 Å². The fourth-order valence-corrected chi connectivity index (χ4v) is 4.21. The van der Waals surface area contributed by atoms with Crippen LogP contribution in [-0.2, 0) is 16.8 Å². The molecule has 0 aliphatic heterocycles. The van der Waals surface area contributed by atoms with E-state index in [0.29, 0.717) is 21.6 Å². The highest BCUT2D eigenvalue weighted by atomic mass is 35.5. The number of carbonyl (C=O) groups is 2. The summed E-state index contributed by atoms with van der Waals surface area (Å²) >= 11 is 12.3. The summed E-state index contributed by atoms with van der Waals surface area (Å²) in [5.41, 5.74) is 1.94. The normalized spacial score (nSPS) is 11.2. The molecule has 4 rings (SSSR count). The van der Waals surface area contributed by atoms with Gasteiger partial charge in [-0.3, -0.25) is 19.7 Å². The van der Waals surface area contributed by atoms with E-state index < -0.39 is 16.7 Å². The summed E-state index contributed by atoms with van der Waals surface area (Å²) in [6.07, 6.45) is 0. The maximum Gasteiger partial charge on any atom is 0.269 e. The molecule has 0 saturated carbocycles. The molecule has 0 aliphatic carbocycles. The van der Waals surface area contributed by atoms with E-state index in [2.05, 4.69) is 5.32 Å². The van der Waals surface area contributed by atoms with Crippen molar-refractivity contribution in [1.82, 2.24) is 14.7 Å². The van der Waals surface area contributed by atoms with Gasteiger partial charge >= 0.3 is 0 Å². The van der Waals surface area contributed by atoms with Crippen molar-refractivity contribution in [3.63, 3.8) is 0 Å². The molecule has 0 unspecified atom stereocenters. The predicted octanol–water partition coefficient (Wildman–Crippen LogP) is 6.67. The molecule has 0 saturated heterocycles. The van der Waals surface area contributed by atoms with Gasteiger partial charge in [0.05, 0.1) is 26.3 Å². The first kappa shape index (κ1) is 28.8. The Labute approximate surface area is 241 Å². The summed E-state index contributed by atoms with van der Waals surface area (Å²) in [4.78, 5) is 38.7. The monoisotopic (exact) mass is 579 g/mol. The van der Waals surface area contributed by atoms with Crippen molar-refractivity contribution in [2.75, 3.05) is 11.9 Å². The van der Waals surface area contributed by atoms with E-state index in [4.69, 9.17) is 28.3 Å². The number of nitro benzene ring substituents is 1. The number of non-ortho nitro benzene ring substituents is 1. The fraction of sp³-hybridized carbons (Fsp3) is 0.207. The third-order valence-electron chi connectivity index (χ3n) is 6.06. The minimum absolute atomic E-state index is 0.130. The number of benzene rings is 3. The number of halogens is 2. The molecule has 2 amide bonds. The number of nitro groups is 1. The average Bonchev–Trinajstić information content (AvgIpc) is 3.34. The number of carbonyl (C=O) groups excluding carboxylic acids is 2. The van der Waals surface area contributed by atoms with Gasteiger partial charge < -0.3 is 10.2 Å². The molecule has 0 aliphatic rings. The van der Waals surface area contributed by atoms with Crippen LogP contribution in [0.1, 0.15) is 42.4 Å². The number of amides is 2. The zero-order valence-electron chi connectivity index (χ0n) is 22.1. The predicted molar refractivity (Wildman–Crippen MR) is 155 cm³/mol. The van der Waals surface area contributed by atoms with E-state index in [-0.39, 0.29) is 29.8 Å². The van der Waals surface area contributed by atoms with E-state index >= 15 is 0 Å². The SMILES string of the molecule is CC(C)(C)c1cc(NC(=O)CN(Cc2ccccc2)C(=O)c2ccc([N+](=O)[O-])cc2)n(-c2ccc(Cl)c(Cl)c2)n1. The molecule has 3 aromatic carbocycles. The number of hydrogen-bond acceptors (Lipinski definition) is 5. The van der Waals surface area contributed by atoms with Gasteiger partial charge in [0, 0.05) is 35.7 Å². The Hall–Kier alpha value is -4.21. The van der Waals surface area contributed by atoms with Gasteiger partial charge in [-0.25, -0.2) is 4.68 Å². The molecule has 1 aromatic heterocycles. The van der Waals surface area contributed by atoms with E-state index in [1.54, 1.807) is 28.9 Å². The molecule has 0 bridgehead atoms. The minimum Gasteiger partial charge on any atom is -0.325 e. The molecule has 0 fully saturated rings. The lowest BCUT2D eigenvalue weighted by Gasteiger charge is -2.22. The molecule has 0 atom stereocenters. The van der Waals surface area contributed by atoms with Crippen molar-refractivity contribution >= 4 is 46.5 Å². The number of anilines is 1.